The van der Waals surface area contributed by atoms with Crippen LogP contribution in [0.4, 0.5) is 11.6 Å². The minimum absolute atomic E-state index is 0. The predicted molar refractivity (Wildman–Crippen MR) is 137 cm³/mol. The van der Waals surface area contributed by atoms with Gasteiger partial charge in [0.05, 0.1) is 23.2 Å². The fourth-order valence-electron chi connectivity index (χ4n) is 3.63. The van der Waals surface area contributed by atoms with Crippen LogP contribution >= 0.6 is 12.4 Å². The third kappa shape index (κ3) is 5.12. The molecule has 4 aromatic rings. The van der Waals surface area contributed by atoms with E-state index in [1.807, 2.05) is 6.92 Å². The van der Waals surface area contributed by atoms with Crippen molar-refractivity contribution in [2.45, 2.75) is 19.9 Å². The maximum absolute atomic E-state index is 12.9. The van der Waals surface area contributed by atoms with Gasteiger partial charge in [0.15, 0.2) is 0 Å². The molecule has 0 atom stereocenters. The summed E-state index contributed by atoms with van der Waals surface area (Å²) in [6, 6.07) is 12.1. The van der Waals surface area contributed by atoms with Crippen molar-refractivity contribution in [2.24, 2.45) is 0 Å². The van der Waals surface area contributed by atoms with E-state index in [4.69, 9.17) is 5.73 Å². The first-order valence-electron chi connectivity index (χ1n) is 10.6. The molecule has 180 valence electrons. The fourth-order valence-corrected chi connectivity index (χ4v) is 3.63. The van der Waals surface area contributed by atoms with Gasteiger partial charge in [-0.3, -0.25) is 19.4 Å². The van der Waals surface area contributed by atoms with Crippen molar-refractivity contribution in [2.75, 3.05) is 18.1 Å². The molecule has 0 radical (unpaired) electrons. The minimum atomic E-state index is -0.542. The Labute approximate surface area is 207 Å². The Morgan fingerprint density at radius 3 is 2.46 bits per heavy atom. The van der Waals surface area contributed by atoms with Crippen LogP contribution in [0.2, 0.25) is 0 Å². The summed E-state index contributed by atoms with van der Waals surface area (Å²) in [4.78, 5) is 50.5. The third-order valence-corrected chi connectivity index (χ3v) is 5.30. The second-order valence-corrected chi connectivity index (χ2v) is 7.47. The van der Waals surface area contributed by atoms with Crippen molar-refractivity contribution < 1.29 is 9.59 Å². The van der Waals surface area contributed by atoms with Crippen molar-refractivity contribution in [1.29, 1.82) is 0 Å². The zero-order chi connectivity index (χ0) is 24.2. The molecule has 0 bridgehead atoms. The number of carbonyl (C=O) groups excluding carboxylic acids is 2. The molecule has 2 amide bonds. The Kier molecular flexibility index (Phi) is 7.77. The maximum atomic E-state index is 12.9. The van der Waals surface area contributed by atoms with Crippen LogP contribution in [0.1, 0.15) is 22.8 Å². The molecule has 0 saturated heterocycles. The van der Waals surface area contributed by atoms with Gasteiger partial charge >= 0.3 is 0 Å². The smallest absolute Gasteiger partial charge is 0.258 e. The predicted octanol–water partition coefficient (Wildman–Crippen LogP) is 2.42. The number of aryl methyl sites for hydroxylation is 1. The van der Waals surface area contributed by atoms with E-state index in [0.29, 0.717) is 34.8 Å². The second-order valence-electron chi connectivity index (χ2n) is 7.47. The van der Waals surface area contributed by atoms with Gasteiger partial charge in [-0.25, -0.2) is 9.97 Å². The van der Waals surface area contributed by atoms with E-state index in [1.165, 1.54) is 7.05 Å². The summed E-state index contributed by atoms with van der Waals surface area (Å²) in [7, 11) is 1.45. The lowest BCUT2D eigenvalue weighted by Gasteiger charge is -2.15. The van der Waals surface area contributed by atoms with E-state index in [2.05, 4.69) is 25.6 Å². The lowest BCUT2D eigenvalue weighted by molar-refractivity contribution is -0.115. The van der Waals surface area contributed by atoms with Crippen LogP contribution in [0.3, 0.4) is 0 Å². The fraction of sp³-hybridized carbons (Fsp3) is 0.167. The average molecular weight is 494 g/mol. The van der Waals surface area contributed by atoms with E-state index >= 15 is 0 Å². The molecule has 0 aromatic carbocycles. The Bertz CT molecular complexity index is 1440. The molecule has 0 unspecified atom stereocenters. The zero-order valence-corrected chi connectivity index (χ0v) is 19.9. The van der Waals surface area contributed by atoms with Gasteiger partial charge in [0.1, 0.15) is 22.8 Å². The minimum Gasteiger partial charge on any atom is -0.384 e. The number of amides is 2. The zero-order valence-electron chi connectivity index (χ0n) is 19.1. The van der Waals surface area contributed by atoms with Crippen LogP contribution in [-0.2, 0) is 17.8 Å². The van der Waals surface area contributed by atoms with Crippen molar-refractivity contribution in [3.63, 3.8) is 0 Å². The van der Waals surface area contributed by atoms with E-state index in [-0.39, 0.29) is 36.1 Å². The van der Waals surface area contributed by atoms with Gasteiger partial charge in [-0.15, -0.1) is 12.4 Å². The molecular formula is C24H24ClN7O3. The van der Waals surface area contributed by atoms with E-state index in [1.54, 1.807) is 59.4 Å². The molecule has 35 heavy (non-hydrogen) atoms. The molecule has 0 fully saturated rings. The van der Waals surface area contributed by atoms with E-state index in [0.717, 1.165) is 5.56 Å². The number of nitrogens with one attached hydrogen (secondary N) is 2. The molecule has 10 nitrogen and oxygen atoms in total. The van der Waals surface area contributed by atoms with Crippen LogP contribution in [0.25, 0.3) is 22.4 Å². The molecule has 0 aliphatic carbocycles. The average Bonchev–Trinajstić information content (AvgIpc) is 2.85. The summed E-state index contributed by atoms with van der Waals surface area (Å²) >= 11 is 0. The lowest BCUT2D eigenvalue weighted by atomic mass is 10.1. The van der Waals surface area contributed by atoms with E-state index < -0.39 is 11.3 Å². The van der Waals surface area contributed by atoms with Crippen LogP contribution in [0, 0.1) is 0 Å². The number of fused-ring (bicyclic) bond motifs is 1. The number of hydrogen-bond acceptors (Lipinski definition) is 7. The number of pyridine rings is 4. The highest BCUT2D eigenvalue weighted by molar-refractivity contribution is 6.01. The molecule has 0 aliphatic heterocycles. The van der Waals surface area contributed by atoms with Crippen LogP contribution in [0.15, 0.2) is 59.7 Å². The van der Waals surface area contributed by atoms with Gasteiger partial charge < -0.3 is 20.9 Å². The Balaban J connectivity index is 0.00000342. The van der Waals surface area contributed by atoms with Crippen LogP contribution < -0.4 is 21.8 Å². The number of rotatable bonds is 6. The molecule has 0 saturated carbocycles. The second kappa shape index (κ2) is 10.7. The lowest BCUT2D eigenvalue weighted by Crippen LogP contribution is -2.30. The van der Waals surface area contributed by atoms with Gasteiger partial charge in [0.25, 0.3) is 5.91 Å². The molecular weight excluding hydrogens is 470 g/mol. The standard InChI is InChI=1S/C24H23N7O3.ClH/c1-3-31-22(25)20(24(34)26-2)21(33)15-8-10-17(29-23(15)31)16-9-7-14(13-28-16)12-19(32)30-18-6-4-5-11-27-18;/h4-11,13H,3,12,25H2,1-2H3,(H,26,34)(H,27,30,32);1H. The Hall–Kier alpha value is -4.31. The molecule has 4 aromatic heterocycles. The molecule has 0 spiro atoms. The van der Waals surface area contributed by atoms with Gasteiger partial charge in [0, 0.05) is 26.0 Å². The Morgan fingerprint density at radius 1 is 1.06 bits per heavy atom. The van der Waals surface area contributed by atoms with Gasteiger partial charge in [0.2, 0.25) is 11.3 Å². The van der Waals surface area contributed by atoms with Gasteiger partial charge in [-0.05, 0) is 42.8 Å². The monoisotopic (exact) mass is 493 g/mol. The van der Waals surface area contributed by atoms with E-state index in [9.17, 15) is 14.4 Å². The summed E-state index contributed by atoms with van der Waals surface area (Å²) in [6.45, 7) is 2.27. The van der Waals surface area contributed by atoms with Crippen molar-refractivity contribution in [1.82, 2.24) is 24.8 Å². The number of nitrogens with zero attached hydrogens (tertiary/aromatic N) is 4. The maximum Gasteiger partial charge on any atom is 0.258 e. The summed E-state index contributed by atoms with van der Waals surface area (Å²) in [6.07, 6.45) is 3.35. The summed E-state index contributed by atoms with van der Waals surface area (Å²) in [5.74, 6) is -0.198. The molecule has 4 rings (SSSR count). The first-order valence-corrected chi connectivity index (χ1v) is 10.6. The third-order valence-electron chi connectivity index (χ3n) is 5.30. The quantitative estimate of drug-likeness (QED) is 0.374. The normalized spacial score (nSPS) is 10.5. The molecule has 4 heterocycles. The SMILES string of the molecule is CCn1c(N)c(C(=O)NC)c(=O)c2ccc(-c3ccc(CC(=O)Nc4ccccn4)cn3)nc21.Cl. The Morgan fingerprint density at radius 2 is 1.83 bits per heavy atom. The summed E-state index contributed by atoms with van der Waals surface area (Å²) in [5, 5.41) is 5.48. The summed E-state index contributed by atoms with van der Waals surface area (Å²) < 4.78 is 1.63. The number of aromatic nitrogens is 4. The highest BCUT2D eigenvalue weighted by atomic mass is 35.5. The number of anilines is 2. The summed E-state index contributed by atoms with van der Waals surface area (Å²) in [5.41, 5.74) is 7.78. The number of halogens is 1. The van der Waals surface area contributed by atoms with Gasteiger partial charge in [-0.1, -0.05) is 12.1 Å². The van der Waals surface area contributed by atoms with Crippen molar-refractivity contribution in [3.05, 3.63) is 76.2 Å². The topological polar surface area (TPSA) is 145 Å². The number of carbonyl (C=O) groups is 2. The number of hydrogen-bond donors (Lipinski definition) is 3. The molecule has 0 aliphatic rings. The van der Waals surface area contributed by atoms with Crippen molar-refractivity contribution in [3.8, 4) is 11.4 Å². The first kappa shape index (κ1) is 25.3. The highest BCUT2D eigenvalue weighted by Gasteiger charge is 2.21. The highest BCUT2D eigenvalue weighted by Crippen LogP contribution is 2.22. The number of nitrogen functional groups attached to an aromatic ring is 1. The van der Waals surface area contributed by atoms with Crippen LogP contribution in [0.5, 0.6) is 0 Å². The first-order chi connectivity index (χ1) is 16.4. The molecule has 4 N–H and O–H groups in total. The largest absolute Gasteiger partial charge is 0.384 e. The van der Waals surface area contributed by atoms with Crippen molar-refractivity contribution >= 4 is 46.9 Å². The number of nitrogens with two attached hydrogens (primary N) is 1. The van der Waals surface area contributed by atoms with Crippen LogP contribution in [-0.4, -0.2) is 38.4 Å². The van der Waals surface area contributed by atoms with Gasteiger partial charge in [-0.2, -0.15) is 0 Å². The molecule has 11 heteroatoms.